The van der Waals surface area contributed by atoms with Crippen molar-refractivity contribution in [3.8, 4) is 0 Å². The van der Waals surface area contributed by atoms with Gasteiger partial charge in [0.1, 0.15) is 0 Å². The van der Waals surface area contributed by atoms with Gasteiger partial charge >= 0.3 is 6.18 Å². The molecular weight excluding hydrogens is 295 g/mol. The van der Waals surface area contributed by atoms with Gasteiger partial charge in [-0.05, 0) is 36.5 Å². The van der Waals surface area contributed by atoms with Crippen LogP contribution in [0.2, 0.25) is 0 Å². The lowest BCUT2D eigenvalue weighted by molar-refractivity contribution is -0.137. The molecule has 0 saturated carbocycles. The van der Waals surface area contributed by atoms with Crippen molar-refractivity contribution < 1.29 is 23.1 Å². The second-order valence-corrected chi connectivity index (χ2v) is 5.87. The Morgan fingerprint density at radius 2 is 1.95 bits per heavy atom. The number of rotatable bonds is 3. The Labute approximate surface area is 127 Å². The Bertz CT molecular complexity index is 513. The van der Waals surface area contributed by atoms with E-state index in [1.54, 1.807) is 4.90 Å². The lowest BCUT2D eigenvalue weighted by Crippen LogP contribution is -2.45. The van der Waals surface area contributed by atoms with Crippen molar-refractivity contribution in [2.24, 2.45) is 5.92 Å². The number of β-amino-alcohol motifs (C(OH)–C–C–N with tert-alkyl or cyclic N) is 1. The normalized spacial score (nSPS) is 22.7. The number of aliphatic hydroxyl groups excluding tert-OH is 1. The van der Waals surface area contributed by atoms with Gasteiger partial charge in [0.25, 0.3) is 0 Å². The van der Waals surface area contributed by atoms with Gasteiger partial charge in [0.05, 0.1) is 11.7 Å². The van der Waals surface area contributed by atoms with Crippen LogP contribution in [0.25, 0.3) is 0 Å². The first kappa shape index (κ1) is 16.8. The molecule has 2 rings (SSSR count). The highest BCUT2D eigenvalue weighted by atomic mass is 19.4. The van der Waals surface area contributed by atoms with Crippen LogP contribution in [0.5, 0.6) is 0 Å². The summed E-state index contributed by atoms with van der Waals surface area (Å²) < 4.78 is 37.4. The molecule has 1 N–H and O–H groups in total. The third kappa shape index (κ3) is 4.22. The maximum atomic E-state index is 12.5. The molecule has 0 radical (unpaired) electrons. The zero-order chi connectivity index (χ0) is 16.3. The fourth-order valence-corrected chi connectivity index (χ4v) is 2.55. The average Bonchev–Trinajstić information content (AvgIpc) is 2.47. The molecule has 1 saturated heterocycles. The van der Waals surface area contributed by atoms with Crippen molar-refractivity contribution in [2.75, 3.05) is 13.1 Å². The van der Waals surface area contributed by atoms with Crippen LogP contribution in [0.1, 0.15) is 30.9 Å². The molecule has 1 aliphatic heterocycles. The second kappa shape index (κ2) is 6.69. The van der Waals surface area contributed by atoms with Crippen LogP contribution in [0.3, 0.4) is 0 Å². The Kier molecular flexibility index (Phi) is 5.11. The van der Waals surface area contributed by atoms with Crippen molar-refractivity contribution in [1.29, 1.82) is 0 Å². The van der Waals surface area contributed by atoms with E-state index in [1.807, 2.05) is 6.92 Å². The van der Waals surface area contributed by atoms with E-state index >= 15 is 0 Å². The summed E-state index contributed by atoms with van der Waals surface area (Å²) >= 11 is 0. The highest BCUT2D eigenvalue weighted by Gasteiger charge is 2.30. The summed E-state index contributed by atoms with van der Waals surface area (Å²) in [5.74, 6) is 0.129. The van der Waals surface area contributed by atoms with Gasteiger partial charge in [0, 0.05) is 19.5 Å². The number of aryl methyl sites for hydroxylation is 1. The third-order valence-electron chi connectivity index (χ3n) is 4.18. The molecule has 1 aromatic carbocycles. The van der Waals surface area contributed by atoms with E-state index in [2.05, 4.69) is 0 Å². The molecule has 1 amide bonds. The first-order chi connectivity index (χ1) is 10.3. The molecule has 0 aliphatic carbocycles. The van der Waals surface area contributed by atoms with Gasteiger partial charge in [-0.25, -0.2) is 0 Å². The van der Waals surface area contributed by atoms with Crippen molar-refractivity contribution in [1.82, 2.24) is 4.90 Å². The van der Waals surface area contributed by atoms with E-state index in [9.17, 15) is 23.1 Å². The number of amides is 1. The maximum absolute atomic E-state index is 12.5. The molecule has 0 bridgehead atoms. The summed E-state index contributed by atoms with van der Waals surface area (Å²) in [6, 6.07) is 4.88. The van der Waals surface area contributed by atoms with Crippen molar-refractivity contribution in [2.45, 2.75) is 38.5 Å². The minimum atomic E-state index is -4.34. The molecule has 1 aromatic rings. The summed E-state index contributed by atoms with van der Waals surface area (Å²) in [4.78, 5) is 13.7. The van der Waals surface area contributed by atoms with Crippen molar-refractivity contribution >= 4 is 5.91 Å². The molecular formula is C16H20F3NO2. The van der Waals surface area contributed by atoms with E-state index in [0.29, 0.717) is 25.1 Å². The van der Waals surface area contributed by atoms with Gasteiger partial charge in [0.15, 0.2) is 0 Å². The van der Waals surface area contributed by atoms with E-state index in [1.165, 1.54) is 12.1 Å². The first-order valence-corrected chi connectivity index (χ1v) is 7.39. The zero-order valence-electron chi connectivity index (χ0n) is 12.4. The molecule has 122 valence electrons. The minimum absolute atomic E-state index is 0.0640. The maximum Gasteiger partial charge on any atom is 0.416 e. The Hall–Kier alpha value is -1.56. The topological polar surface area (TPSA) is 40.5 Å². The number of carbonyl (C=O) groups is 1. The monoisotopic (exact) mass is 315 g/mol. The van der Waals surface area contributed by atoms with Gasteiger partial charge in [-0.3, -0.25) is 4.79 Å². The lowest BCUT2D eigenvalue weighted by atomic mass is 9.95. The predicted molar refractivity (Wildman–Crippen MR) is 76.1 cm³/mol. The summed E-state index contributed by atoms with van der Waals surface area (Å²) in [5, 5.41) is 9.79. The predicted octanol–water partition coefficient (Wildman–Crippen LogP) is 2.87. The molecule has 2 atom stereocenters. The number of piperidine rings is 1. The molecule has 22 heavy (non-hydrogen) atoms. The van der Waals surface area contributed by atoms with Gasteiger partial charge in [-0.15, -0.1) is 0 Å². The van der Waals surface area contributed by atoms with E-state index in [4.69, 9.17) is 0 Å². The molecule has 1 aliphatic rings. The number of alkyl halides is 3. The standard InChI is InChI=1S/C16H20F3NO2/c1-11-8-9-20(10-14(11)21)15(22)7-4-12-2-5-13(6-3-12)16(17,18)19/h2-3,5-6,11,14,21H,4,7-10H2,1H3. The number of benzene rings is 1. The lowest BCUT2D eigenvalue weighted by Gasteiger charge is -2.34. The highest BCUT2D eigenvalue weighted by molar-refractivity contribution is 5.76. The second-order valence-electron chi connectivity index (χ2n) is 5.87. The Morgan fingerprint density at radius 3 is 2.50 bits per heavy atom. The molecule has 0 spiro atoms. The van der Waals surface area contributed by atoms with Crippen LogP contribution >= 0.6 is 0 Å². The molecule has 6 heteroatoms. The minimum Gasteiger partial charge on any atom is -0.391 e. The van der Waals surface area contributed by atoms with Crippen LogP contribution < -0.4 is 0 Å². The number of halogens is 3. The largest absolute Gasteiger partial charge is 0.416 e. The SMILES string of the molecule is CC1CCN(C(=O)CCc2ccc(C(F)(F)F)cc2)CC1O. The van der Waals surface area contributed by atoms with Gasteiger partial charge in [0.2, 0.25) is 5.91 Å². The molecule has 1 fully saturated rings. The van der Waals surface area contributed by atoms with Crippen LogP contribution in [-0.2, 0) is 17.4 Å². The number of hydrogen-bond acceptors (Lipinski definition) is 2. The van der Waals surface area contributed by atoms with E-state index in [0.717, 1.165) is 18.6 Å². The summed E-state index contributed by atoms with van der Waals surface area (Å²) in [6.07, 6.45) is -3.42. The Balaban J connectivity index is 1.86. The number of nitrogens with zero attached hydrogens (tertiary/aromatic N) is 1. The van der Waals surface area contributed by atoms with Crippen LogP contribution in [0.15, 0.2) is 24.3 Å². The van der Waals surface area contributed by atoms with E-state index in [-0.39, 0.29) is 18.2 Å². The number of hydrogen-bond donors (Lipinski definition) is 1. The number of carbonyl (C=O) groups excluding carboxylic acids is 1. The summed E-state index contributed by atoms with van der Waals surface area (Å²) in [5.41, 5.74) is 0.0167. The molecule has 1 heterocycles. The molecule has 0 aromatic heterocycles. The summed E-state index contributed by atoms with van der Waals surface area (Å²) in [6.45, 7) is 2.92. The Morgan fingerprint density at radius 1 is 1.32 bits per heavy atom. The fourth-order valence-electron chi connectivity index (χ4n) is 2.55. The summed E-state index contributed by atoms with van der Waals surface area (Å²) in [7, 11) is 0. The van der Waals surface area contributed by atoms with Crippen LogP contribution in [0, 0.1) is 5.92 Å². The average molecular weight is 315 g/mol. The van der Waals surface area contributed by atoms with Crippen LogP contribution in [-0.4, -0.2) is 35.1 Å². The number of likely N-dealkylation sites (tertiary alicyclic amines) is 1. The third-order valence-corrected chi connectivity index (χ3v) is 4.18. The first-order valence-electron chi connectivity index (χ1n) is 7.39. The highest BCUT2D eigenvalue weighted by Crippen LogP contribution is 2.29. The smallest absolute Gasteiger partial charge is 0.391 e. The molecule has 2 unspecified atom stereocenters. The van der Waals surface area contributed by atoms with E-state index < -0.39 is 17.8 Å². The number of aliphatic hydroxyl groups is 1. The zero-order valence-corrected chi connectivity index (χ0v) is 12.4. The van der Waals surface area contributed by atoms with Gasteiger partial charge in [-0.2, -0.15) is 13.2 Å². The van der Waals surface area contributed by atoms with Gasteiger partial charge in [-0.1, -0.05) is 19.1 Å². The van der Waals surface area contributed by atoms with Crippen LogP contribution in [0.4, 0.5) is 13.2 Å². The quantitative estimate of drug-likeness (QED) is 0.932. The van der Waals surface area contributed by atoms with Gasteiger partial charge < -0.3 is 10.0 Å². The van der Waals surface area contributed by atoms with Crippen molar-refractivity contribution in [3.05, 3.63) is 35.4 Å². The fraction of sp³-hybridized carbons (Fsp3) is 0.562. The van der Waals surface area contributed by atoms with Crippen molar-refractivity contribution in [3.63, 3.8) is 0 Å². The molecule has 3 nitrogen and oxygen atoms in total.